The van der Waals surface area contributed by atoms with Gasteiger partial charge < -0.3 is 4.57 Å². The number of benzene rings is 7. The number of nitrogens with zero attached hydrogens (tertiary/aromatic N) is 1. The fourth-order valence-corrected chi connectivity index (χ4v) is 9.37. The number of aromatic nitrogens is 1. The number of para-hydroxylation sites is 1. The van der Waals surface area contributed by atoms with Crippen LogP contribution in [0.1, 0.15) is 22.3 Å². The van der Waals surface area contributed by atoms with Gasteiger partial charge in [-0.25, -0.2) is 0 Å². The van der Waals surface area contributed by atoms with E-state index in [2.05, 4.69) is 156 Å². The maximum atomic E-state index is 2.48. The van der Waals surface area contributed by atoms with E-state index in [0.717, 1.165) is 0 Å². The van der Waals surface area contributed by atoms with Crippen LogP contribution in [0.4, 0.5) is 0 Å². The fraction of sp³-hybridized carbons (Fsp3) is 0.0244. The Kier molecular flexibility index (Phi) is 4.65. The normalized spacial score (nSPS) is 14.1. The number of fused-ring (bicyclic) bond motifs is 14. The van der Waals surface area contributed by atoms with E-state index < -0.39 is 0 Å². The van der Waals surface area contributed by atoms with Crippen molar-refractivity contribution in [1.82, 2.24) is 4.57 Å². The van der Waals surface area contributed by atoms with Crippen molar-refractivity contribution in [3.05, 3.63) is 174 Å². The minimum absolute atomic E-state index is 0.374. The maximum absolute atomic E-state index is 2.48. The standard InChI is InChI=1S/C41H25NS/c1-2-14-27-26(12-1)13-11-22-35(27)42-36-21-9-5-17-30(36)39-37(42)25-24-34-40(39)43-38-23-10-8-20-33(38)41(34)31-18-6-3-15-28(31)29-16-4-7-19-32(29)41/h1-25H. The van der Waals surface area contributed by atoms with Gasteiger partial charge in [-0.15, -0.1) is 0 Å². The lowest BCUT2D eigenvalue weighted by Crippen LogP contribution is -2.32. The van der Waals surface area contributed by atoms with Crippen molar-refractivity contribution in [3.63, 3.8) is 0 Å². The third-order valence-corrected chi connectivity index (χ3v) is 10.9. The van der Waals surface area contributed by atoms with E-state index in [0.29, 0.717) is 0 Å². The first kappa shape index (κ1) is 23.5. The summed E-state index contributed by atoms with van der Waals surface area (Å²) in [7, 11) is 0. The van der Waals surface area contributed by atoms with Gasteiger partial charge in [-0.2, -0.15) is 0 Å². The van der Waals surface area contributed by atoms with Crippen molar-refractivity contribution in [1.29, 1.82) is 0 Å². The highest BCUT2D eigenvalue weighted by Crippen LogP contribution is 2.63. The van der Waals surface area contributed by atoms with Crippen LogP contribution in [0.15, 0.2) is 161 Å². The van der Waals surface area contributed by atoms with Crippen LogP contribution in [0.3, 0.4) is 0 Å². The van der Waals surface area contributed by atoms with Gasteiger partial charge in [0.15, 0.2) is 0 Å². The van der Waals surface area contributed by atoms with Crippen molar-refractivity contribution in [3.8, 4) is 16.8 Å². The van der Waals surface area contributed by atoms with Crippen LogP contribution in [0, 0.1) is 0 Å². The smallest absolute Gasteiger partial charge is 0.0735 e. The Morgan fingerprint density at radius 3 is 1.88 bits per heavy atom. The second-order valence-electron chi connectivity index (χ2n) is 11.6. The fourth-order valence-electron chi connectivity index (χ4n) is 8.03. The van der Waals surface area contributed by atoms with Crippen LogP contribution in [-0.2, 0) is 5.41 Å². The molecule has 0 fully saturated rings. The molecule has 0 bridgehead atoms. The van der Waals surface area contributed by atoms with Crippen LogP contribution in [-0.4, -0.2) is 4.57 Å². The quantitative estimate of drug-likeness (QED) is 0.192. The molecular formula is C41H25NS. The van der Waals surface area contributed by atoms with E-state index in [4.69, 9.17) is 0 Å². The Morgan fingerprint density at radius 1 is 0.442 bits per heavy atom. The molecule has 2 heteroatoms. The van der Waals surface area contributed by atoms with Gasteiger partial charge in [0.05, 0.1) is 22.1 Å². The molecule has 10 rings (SSSR count). The summed E-state index contributed by atoms with van der Waals surface area (Å²) in [6.07, 6.45) is 0. The number of hydrogen-bond acceptors (Lipinski definition) is 1. The Hall–Kier alpha value is -5.05. The zero-order valence-corrected chi connectivity index (χ0v) is 24.1. The molecule has 0 unspecified atom stereocenters. The average Bonchev–Trinajstić information content (AvgIpc) is 3.56. The Morgan fingerprint density at radius 2 is 1.07 bits per heavy atom. The first-order chi connectivity index (χ1) is 21.4. The Bertz CT molecular complexity index is 2400. The molecule has 2 aliphatic rings. The van der Waals surface area contributed by atoms with E-state index in [-0.39, 0.29) is 5.41 Å². The molecule has 7 aromatic carbocycles. The molecule has 0 N–H and O–H groups in total. The molecule has 0 atom stereocenters. The summed E-state index contributed by atoms with van der Waals surface area (Å²) in [4.78, 5) is 2.69. The summed E-state index contributed by atoms with van der Waals surface area (Å²) in [6, 6.07) is 56.3. The van der Waals surface area contributed by atoms with Crippen LogP contribution in [0.5, 0.6) is 0 Å². The number of hydrogen-bond donors (Lipinski definition) is 0. The predicted octanol–water partition coefficient (Wildman–Crippen LogP) is 10.8. The molecule has 2 heterocycles. The summed E-state index contributed by atoms with van der Waals surface area (Å²) < 4.78 is 2.48. The SMILES string of the molecule is c1ccc2c(c1)Sc1c(ccc3c1c1ccccc1n3-c1cccc3ccccc13)C21c2ccccc2-c2ccccc21. The molecule has 1 nitrogen and oxygen atoms in total. The summed E-state index contributed by atoms with van der Waals surface area (Å²) in [5.41, 5.74) is 11.5. The average molecular weight is 564 g/mol. The summed E-state index contributed by atoms with van der Waals surface area (Å²) in [5.74, 6) is 0. The molecule has 1 aromatic heterocycles. The van der Waals surface area contributed by atoms with Gasteiger partial charge in [-0.1, -0.05) is 139 Å². The van der Waals surface area contributed by atoms with Crippen molar-refractivity contribution in [2.75, 3.05) is 0 Å². The molecule has 0 saturated carbocycles. The molecule has 0 amide bonds. The van der Waals surface area contributed by atoms with Gasteiger partial charge in [0, 0.05) is 25.9 Å². The Labute approximate surface area is 254 Å². The highest BCUT2D eigenvalue weighted by atomic mass is 32.2. The molecule has 0 radical (unpaired) electrons. The second kappa shape index (κ2) is 8.50. The lowest BCUT2D eigenvalue weighted by Gasteiger charge is -2.40. The number of rotatable bonds is 1. The van der Waals surface area contributed by atoms with Crippen LogP contribution in [0.2, 0.25) is 0 Å². The monoisotopic (exact) mass is 563 g/mol. The summed E-state index contributed by atoms with van der Waals surface area (Å²) >= 11 is 1.94. The second-order valence-corrected chi connectivity index (χ2v) is 12.7. The van der Waals surface area contributed by atoms with Gasteiger partial charge in [0.25, 0.3) is 0 Å². The molecule has 8 aromatic rings. The van der Waals surface area contributed by atoms with Gasteiger partial charge in [0.1, 0.15) is 0 Å². The van der Waals surface area contributed by atoms with E-state index >= 15 is 0 Å². The van der Waals surface area contributed by atoms with Crippen molar-refractivity contribution < 1.29 is 0 Å². The molecule has 1 spiro atoms. The van der Waals surface area contributed by atoms with Gasteiger partial charge in [-0.05, 0) is 63.0 Å². The van der Waals surface area contributed by atoms with Crippen molar-refractivity contribution >= 4 is 44.3 Å². The van der Waals surface area contributed by atoms with Crippen LogP contribution >= 0.6 is 11.8 Å². The van der Waals surface area contributed by atoms with E-state index in [1.54, 1.807) is 0 Å². The lowest BCUT2D eigenvalue weighted by atomic mass is 9.67. The molecule has 0 saturated heterocycles. The minimum Gasteiger partial charge on any atom is -0.309 e. The highest BCUT2D eigenvalue weighted by molar-refractivity contribution is 7.99. The Balaban J connectivity index is 1.39. The van der Waals surface area contributed by atoms with Gasteiger partial charge in [-0.3, -0.25) is 0 Å². The summed E-state index contributed by atoms with van der Waals surface area (Å²) in [5, 5.41) is 5.15. The van der Waals surface area contributed by atoms with Gasteiger partial charge in [0.2, 0.25) is 0 Å². The topological polar surface area (TPSA) is 4.93 Å². The predicted molar refractivity (Wildman–Crippen MR) is 180 cm³/mol. The van der Waals surface area contributed by atoms with Crippen LogP contribution in [0.25, 0.3) is 49.4 Å². The van der Waals surface area contributed by atoms with Crippen molar-refractivity contribution in [2.45, 2.75) is 15.2 Å². The largest absolute Gasteiger partial charge is 0.309 e. The lowest BCUT2D eigenvalue weighted by molar-refractivity contribution is 0.726. The molecule has 1 aliphatic heterocycles. The van der Waals surface area contributed by atoms with E-state index in [1.165, 1.54) is 81.4 Å². The third-order valence-electron chi connectivity index (χ3n) is 9.66. The molecule has 200 valence electrons. The summed E-state index contributed by atoms with van der Waals surface area (Å²) in [6.45, 7) is 0. The first-order valence-corrected chi connectivity index (χ1v) is 15.7. The maximum Gasteiger partial charge on any atom is 0.0735 e. The first-order valence-electron chi connectivity index (χ1n) is 14.9. The van der Waals surface area contributed by atoms with Crippen LogP contribution < -0.4 is 0 Å². The van der Waals surface area contributed by atoms with E-state index in [1.807, 2.05) is 11.8 Å². The van der Waals surface area contributed by atoms with Gasteiger partial charge >= 0.3 is 0 Å². The minimum atomic E-state index is -0.374. The molecule has 1 aliphatic carbocycles. The molecule has 43 heavy (non-hydrogen) atoms. The van der Waals surface area contributed by atoms with E-state index in [9.17, 15) is 0 Å². The van der Waals surface area contributed by atoms with Crippen molar-refractivity contribution in [2.24, 2.45) is 0 Å². The molecular weight excluding hydrogens is 539 g/mol. The zero-order valence-electron chi connectivity index (χ0n) is 23.3. The highest BCUT2D eigenvalue weighted by Gasteiger charge is 2.50. The third kappa shape index (κ3) is 2.89. The zero-order chi connectivity index (χ0) is 28.1.